The van der Waals surface area contributed by atoms with Gasteiger partial charge < -0.3 is 29.3 Å². The minimum atomic E-state index is -3.38. The molecule has 3 N–H and O–H groups in total. The second kappa shape index (κ2) is 11.3. The maximum atomic E-state index is 12.1. The molecule has 0 aromatic heterocycles. The van der Waals surface area contributed by atoms with Gasteiger partial charge in [0.1, 0.15) is 11.9 Å². The molecular weight excluding hydrogens is 371 g/mol. The van der Waals surface area contributed by atoms with Crippen molar-refractivity contribution in [2.75, 3.05) is 19.4 Å². The average molecular weight is 400 g/mol. The third-order valence-electron chi connectivity index (χ3n) is 4.07. The van der Waals surface area contributed by atoms with Crippen molar-refractivity contribution in [2.45, 2.75) is 51.3 Å². The summed E-state index contributed by atoms with van der Waals surface area (Å²) >= 11 is 0. The fourth-order valence-corrected chi connectivity index (χ4v) is 3.64. The van der Waals surface area contributed by atoms with Crippen molar-refractivity contribution in [3.05, 3.63) is 36.3 Å². The van der Waals surface area contributed by atoms with Crippen LogP contribution in [0.5, 0.6) is 0 Å². The van der Waals surface area contributed by atoms with Crippen molar-refractivity contribution >= 4 is 7.37 Å². The highest BCUT2D eigenvalue weighted by Crippen LogP contribution is 2.41. The summed E-state index contributed by atoms with van der Waals surface area (Å²) in [6, 6.07) is 0. The van der Waals surface area contributed by atoms with Gasteiger partial charge >= 0.3 is 0 Å². The van der Waals surface area contributed by atoms with E-state index < -0.39 is 32.0 Å². The SMILES string of the molecule is C=C/C(=C\C=C(/C)OC)OC1OC(CCP(=O)(O)CC#CC)CC(O)C1O. The molecule has 1 fully saturated rings. The van der Waals surface area contributed by atoms with Crippen LogP contribution in [0.2, 0.25) is 0 Å². The van der Waals surface area contributed by atoms with Gasteiger partial charge in [-0.3, -0.25) is 4.57 Å². The number of aliphatic hydroxyl groups is 2. The number of rotatable bonds is 9. The zero-order valence-corrected chi connectivity index (χ0v) is 16.9. The summed E-state index contributed by atoms with van der Waals surface area (Å²) in [4.78, 5) is 9.90. The molecule has 5 atom stereocenters. The summed E-state index contributed by atoms with van der Waals surface area (Å²) < 4.78 is 28.4. The summed E-state index contributed by atoms with van der Waals surface area (Å²) in [6.45, 7) is 7.02. The third kappa shape index (κ3) is 8.34. The van der Waals surface area contributed by atoms with Crippen LogP contribution < -0.4 is 0 Å². The maximum Gasteiger partial charge on any atom is 0.228 e. The van der Waals surface area contributed by atoms with E-state index in [-0.39, 0.29) is 25.2 Å². The zero-order chi connectivity index (χ0) is 20.4. The summed E-state index contributed by atoms with van der Waals surface area (Å²) in [5, 5.41) is 20.2. The summed E-state index contributed by atoms with van der Waals surface area (Å²) in [5.41, 5.74) is 0. The molecule has 0 saturated carbocycles. The fraction of sp³-hybridized carbons (Fsp3) is 0.579. The van der Waals surface area contributed by atoms with E-state index in [1.54, 1.807) is 26.0 Å². The maximum absolute atomic E-state index is 12.1. The van der Waals surface area contributed by atoms with Crippen LogP contribution in [0.15, 0.2) is 36.3 Å². The average Bonchev–Trinajstić information content (AvgIpc) is 2.64. The molecule has 152 valence electrons. The van der Waals surface area contributed by atoms with Gasteiger partial charge in [0.15, 0.2) is 0 Å². The molecule has 1 saturated heterocycles. The minimum absolute atomic E-state index is 0.0157. The molecule has 0 aromatic carbocycles. The van der Waals surface area contributed by atoms with Crippen molar-refractivity contribution in [3.63, 3.8) is 0 Å². The topological polar surface area (TPSA) is 105 Å². The number of methoxy groups -OCH3 is 1. The van der Waals surface area contributed by atoms with Crippen molar-refractivity contribution < 1.29 is 33.9 Å². The predicted octanol–water partition coefficient (Wildman–Crippen LogP) is 2.14. The minimum Gasteiger partial charge on any atom is -0.501 e. The first-order chi connectivity index (χ1) is 12.7. The number of hydrogen-bond donors (Lipinski definition) is 3. The van der Waals surface area contributed by atoms with E-state index in [4.69, 9.17) is 14.2 Å². The number of allylic oxidation sites excluding steroid dienone is 4. The van der Waals surface area contributed by atoms with E-state index in [1.165, 1.54) is 13.2 Å². The molecule has 0 aromatic rings. The van der Waals surface area contributed by atoms with Crippen LogP contribution >= 0.6 is 7.37 Å². The second-order valence-corrected chi connectivity index (χ2v) is 8.69. The Balaban J connectivity index is 2.75. The molecule has 0 spiro atoms. The molecule has 0 amide bonds. The lowest BCUT2D eigenvalue weighted by Crippen LogP contribution is -2.49. The molecule has 7 nitrogen and oxygen atoms in total. The Morgan fingerprint density at radius 3 is 2.70 bits per heavy atom. The number of aliphatic hydroxyl groups excluding tert-OH is 2. The molecule has 0 aliphatic carbocycles. The predicted molar refractivity (Wildman–Crippen MR) is 103 cm³/mol. The van der Waals surface area contributed by atoms with E-state index in [0.29, 0.717) is 11.5 Å². The first kappa shape index (κ1) is 23.5. The van der Waals surface area contributed by atoms with Crippen LogP contribution in [0.3, 0.4) is 0 Å². The Morgan fingerprint density at radius 2 is 2.11 bits per heavy atom. The molecule has 1 aliphatic heterocycles. The van der Waals surface area contributed by atoms with Gasteiger partial charge in [0.05, 0.1) is 31.2 Å². The Bertz CT molecular complexity index is 659. The van der Waals surface area contributed by atoms with Crippen LogP contribution in [-0.4, -0.2) is 59.1 Å². The Morgan fingerprint density at radius 1 is 1.41 bits per heavy atom. The highest BCUT2D eigenvalue weighted by atomic mass is 31.2. The van der Waals surface area contributed by atoms with Crippen LogP contribution in [0.1, 0.15) is 26.7 Å². The van der Waals surface area contributed by atoms with Gasteiger partial charge in [0.2, 0.25) is 13.7 Å². The van der Waals surface area contributed by atoms with Gasteiger partial charge in [-0.05, 0) is 38.5 Å². The highest BCUT2D eigenvalue weighted by Gasteiger charge is 2.38. The van der Waals surface area contributed by atoms with E-state index in [9.17, 15) is 19.7 Å². The van der Waals surface area contributed by atoms with E-state index in [0.717, 1.165) is 0 Å². The molecule has 8 heteroatoms. The first-order valence-corrected chi connectivity index (χ1v) is 10.7. The Labute approximate surface area is 160 Å². The summed E-state index contributed by atoms with van der Waals surface area (Å²) in [6.07, 6.45) is 1.09. The molecule has 27 heavy (non-hydrogen) atoms. The van der Waals surface area contributed by atoms with Crippen molar-refractivity contribution in [1.29, 1.82) is 0 Å². The number of hydrogen-bond acceptors (Lipinski definition) is 6. The van der Waals surface area contributed by atoms with E-state index >= 15 is 0 Å². The van der Waals surface area contributed by atoms with Crippen LogP contribution in [-0.2, 0) is 18.8 Å². The van der Waals surface area contributed by atoms with Crippen LogP contribution in [0, 0.1) is 11.8 Å². The zero-order valence-electron chi connectivity index (χ0n) is 16.0. The lowest BCUT2D eigenvalue weighted by Gasteiger charge is -2.37. The highest BCUT2D eigenvalue weighted by molar-refractivity contribution is 7.58. The summed E-state index contributed by atoms with van der Waals surface area (Å²) in [5.74, 6) is 6.18. The lowest BCUT2D eigenvalue weighted by atomic mass is 10.0. The fourth-order valence-electron chi connectivity index (χ4n) is 2.38. The van der Waals surface area contributed by atoms with Gasteiger partial charge in [0.25, 0.3) is 0 Å². The molecule has 0 radical (unpaired) electrons. The Hall–Kier alpha value is -1.55. The van der Waals surface area contributed by atoms with Gasteiger partial charge in [-0.15, -0.1) is 5.92 Å². The molecule has 1 aliphatic rings. The largest absolute Gasteiger partial charge is 0.501 e. The van der Waals surface area contributed by atoms with E-state index in [1.807, 2.05) is 0 Å². The molecule has 1 heterocycles. The van der Waals surface area contributed by atoms with Crippen LogP contribution in [0.25, 0.3) is 0 Å². The molecular formula is C19H29O7P. The van der Waals surface area contributed by atoms with Crippen molar-refractivity contribution in [2.24, 2.45) is 0 Å². The normalized spacial score (nSPS) is 28.5. The van der Waals surface area contributed by atoms with Gasteiger partial charge in [-0.2, -0.15) is 0 Å². The van der Waals surface area contributed by atoms with Crippen molar-refractivity contribution in [1.82, 2.24) is 0 Å². The smallest absolute Gasteiger partial charge is 0.228 e. The van der Waals surface area contributed by atoms with Gasteiger partial charge in [-0.1, -0.05) is 12.5 Å². The van der Waals surface area contributed by atoms with Gasteiger partial charge in [-0.25, -0.2) is 0 Å². The van der Waals surface area contributed by atoms with Crippen LogP contribution in [0.4, 0.5) is 0 Å². The lowest BCUT2D eigenvalue weighted by molar-refractivity contribution is -0.252. The quantitative estimate of drug-likeness (QED) is 0.236. The first-order valence-electron chi connectivity index (χ1n) is 8.66. The molecule has 5 unspecified atom stereocenters. The number of ether oxygens (including phenoxy) is 3. The Kier molecular flexibility index (Phi) is 9.86. The standard InChI is InChI=1S/C19H29O7P/c1-5-7-11-27(22,23)12-10-16-13-17(20)18(21)19(26-16)25-15(6-2)9-8-14(3)24-4/h6,8-9,16-21H,2,10-13H2,1,3-4H3,(H,22,23)/b14-8+,15-9+. The van der Waals surface area contributed by atoms with Crippen molar-refractivity contribution in [3.8, 4) is 11.8 Å². The molecule has 0 bridgehead atoms. The van der Waals surface area contributed by atoms with E-state index in [2.05, 4.69) is 18.4 Å². The summed E-state index contributed by atoms with van der Waals surface area (Å²) in [7, 11) is -1.84. The molecule has 1 rings (SSSR count). The monoisotopic (exact) mass is 400 g/mol. The third-order valence-corrected chi connectivity index (χ3v) is 5.67. The second-order valence-electron chi connectivity index (χ2n) is 6.24. The van der Waals surface area contributed by atoms with Gasteiger partial charge in [0, 0.05) is 12.6 Å².